The van der Waals surface area contributed by atoms with E-state index < -0.39 is 11.6 Å². The fourth-order valence-corrected chi connectivity index (χ4v) is 1.58. The predicted octanol–water partition coefficient (Wildman–Crippen LogP) is 3.61. The van der Waals surface area contributed by atoms with Gasteiger partial charge in [0.1, 0.15) is 11.6 Å². The molecule has 2 rings (SSSR count). The monoisotopic (exact) mass is 238 g/mol. The van der Waals surface area contributed by atoms with Crippen LogP contribution in [0.3, 0.4) is 0 Å². The quantitative estimate of drug-likeness (QED) is 0.748. The molecule has 0 saturated carbocycles. The molecule has 2 aromatic rings. The van der Waals surface area contributed by atoms with Crippen molar-refractivity contribution in [2.45, 2.75) is 6.92 Å². The number of hydrogen-bond acceptors (Lipinski definition) is 2. The molecule has 1 heterocycles. The second-order valence-electron chi connectivity index (χ2n) is 3.34. The van der Waals surface area contributed by atoms with Crippen molar-refractivity contribution < 1.29 is 13.6 Å². The largest absolute Gasteiger partial charge is 0.458 e. The van der Waals surface area contributed by atoms with Crippen molar-refractivity contribution in [3.8, 4) is 0 Å². The van der Waals surface area contributed by atoms with Crippen molar-refractivity contribution in [1.82, 2.24) is 0 Å². The van der Waals surface area contributed by atoms with Gasteiger partial charge in [0.25, 0.3) is 0 Å². The summed E-state index contributed by atoms with van der Waals surface area (Å²) in [6.45, 7) is 1.73. The van der Waals surface area contributed by atoms with Gasteiger partial charge in [-0.25, -0.2) is 4.39 Å². The normalized spacial score (nSPS) is 10.4. The molecule has 1 aromatic heterocycles. The lowest BCUT2D eigenvalue weighted by molar-refractivity contribution is 0.101. The molecular formula is C12H8ClFO2. The molecule has 16 heavy (non-hydrogen) atoms. The van der Waals surface area contributed by atoms with E-state index in [1.807, 2.05) is 0 Å². The first-order valence-corrected chi connectivity index (χ1v) is 5.02. The summed E-state index contributed by atoms with van der Waals surface area (Å²) in [4.78, 5) is 11.9. The molecule has 0 aliphatic carbocycles. The van der Waals surface area contributed by atoms with Gasteiger partial charge in [0.2, 0.25) is 5.78 Å². The van der Waals surface area contributed by atoms with Gasteiger partial charge >= 0.3 is 0 Å². The number of carbonyl (C=O) groups is 1. The fraction of sp³-hybridized carbons (Fsp3) is 0.0833. The summed E-state index contributed by atoms with van der Waals surface area (Å²) in [5.74, 6) is -0.255. The fourth-order valence-electron chi connectivity index (χ4n) is 1.37. The third kappa shape index (κ3) is 1.86. The first-order valence-electron chi connectivity index (χ1n) is 4.65. The van der Waals surface area contributed by atoms with Crippen molar-refractivity contribution in [2.75, 3.05) is 0 Å². The average molecular weight is 239 g/mol. The molecule has 2 nitrogen and oxygen atoms in total. The third-order valence-corrected chi connectivity index (χ3v) is 2.54. The van der Waals surface area contributed by atoms with Gasteiger partial charge in [0.15, 0.2) is 5.76 Å². The number of furan rings is 1. The van der Waals surface area contributed by atoms with E-state index in [-0.39, 0.29) is 16.3 Å². The molecule has 0 atom stereocenters. The van der Waals surface area contributed by atoms with E-state index in [0.717, 1.165) is 0 Å². The molecule has 82 valence electrons. The minimum atomic E-state index is -0.615. The summed E-state index contributed by atoms with van der Waals surface area (Å²) >= 11 is 5.71. The van der Waals surface area contributed by atoms with Crippen LogP contribution in [-0.4, -0.2) is 5.78 Å². The lowest BCUT2D eigenvalue weighted by atomic mass is 10.1. The molecule has 0 fully saturated rings. The van der Waals surface area contributed by atoms with E-state index in [1.54, 1.807) is 19.1 Å². The molecule has 4 heteroatoms. The van der Waals surface area contributed by atoms with Crippen LogP contribution in [0.1, 0.15) is 21.9 Å². The highest BCUT2D eigenvalue weighted by molar-refractivity contribution is 6.34. The van der Waals surface area contributed by atoms with Crippen molar-refractivity contribution in [1.29, 1.82) is 0 Å². The summed E-state index contributed by atoms with van der Waals surface area (Å²) in [5.41, 5.74) is 0.107. The van der Waals surface area contributed by atoms with Gasteiger partial charge < -0.3 is 4.42 Å². The Morgan fingerprint density at radius 3 is 2.69 bits per heavy atom. The van der Waals surface area contributed by atoms with Crippen LogP contribution in [0.5, 0.6) is 0 Å². The second kappa shape index (κ2) is 4.10. The molecule has 0 spiro atoms. The van der Waals surface area contributed by atoms with Crippen LogP contribution in [0.25, 0.3) is 0 Å². The van der Waals surface area contributed by atoms with Crippen LogP contribution in [0.15, 0.2) is 34.7 Å². The standard InChI is InChI=1S/C12H8ClFO2/c1-7-5-6-10(16-7)12(15)8-3-2-4-9(14)11(8)13/h2-6H,1H3. The number of benzene rings is 1. The van der Waals surface area contributed by atoms with Crippen molar-refractivity contribution >= 4 is 17.4 Å². The van der Waals surface area contributed by atoms with Gasteiger partial charge in [0, 0.05) is 5.56 Å². The third-order valence-electron chi connectivity index (χ3n) is 2.16. The Kier molecular flexibility index (Phi) is 2.79. The molecule has 1 aromatic carbocycles. The smallest absolute Gasteiger partial charge is 0.229 e. The van der Waals surface area contributed by atoms with E-state index in [2.05, 4.69) is 0 Å². The number of halogens is 2. The van der Waals surface area contributed by atoms with Crippen LogP contribution in [0, 0.1) is 12.7 Å². The van der Waals surface area contributed by atoms with Gasteiger partial charge in [-0.1, -0.05) is 17.7 Å². The molecule has 0 saturated heterocycles. The van der Waals surface area contributed by atoms with Crippen LogP contribution >= 0.6 is 11.6 Å². The maximum atomic E-state index is 13.1. The van der Waals surface area contributed by atoms with E-state index in [9.17, 15) is 9.18 Å². The molecule has 0 aliphatic heterocycles. The summed E-state index contributed by atoms with van der Waals surface area (Å²) in [5, 5.41) is -0.179. The van der Waals surface area contributed by atoms with E-state index in [4.69, 9.17) is 16.0 Å². The molecule has 0 unspecified atom stereocenters. The van der Waals surface area contributed by atoms with E-state index >= 15 is 0 Å². The van der Waals surface area contributed by atoms with Crippen molar-refractivity contribution in [3.05, 3.63) is 58.3 Å². The lowest BCUT2D eigenvalue weighted by Crippen LogP contribution is -2.01. The van der Waals surface area contributed by atoms with Crippen LogP contribution in [-0.2, 0) is 0 Å². The Bertz CT molecular complexity index is 546. The van der Waals surface area contributed by atoms with Crippen molar-refractivity contribution in [2.24, 2.45) is 0 Å². The molecule has 0 N–H and O–H groups in total. The second-order valence-corrected chi connectivity index (χ2v) is 3.72. The van der Waals surface area contributed by atoms with Crippen molar-refractivity contribution in [3.63, 3.8) is 0 Å². The van der Waals surface area contributed by atoms with Gasteiger partial charge in [-0.2, -0.15) is 0 Å². The first kappa shape index (κ1) is 10.9. The van der Waals surface area contributed by atoms with E-state index in [0.29, 0.717) is 5.76 Å². The van der Waals surface area contributed by atoms with Gasteiger partial charge in [-0.3, -0.25) is 4.79 Å². The van der Waals surface area contributed by atoms with Crippen LogP contribution in [0.2, 0.25) is 5.02 Å². The Morgan fingerprint density at radius 1 is 1.31 bits per heavy atom. The van der Waals surface area contributed by atoms with Gasteiger partial charge in [-0.15, -0.1) is 0 Å². The Morgan fingerprint density at radius 2 is 2.06 bits per heavy atom. The van der Waals surface area contributed by atoms with Crippen LogP contribution in [0.4, 0.5) is 4.39 Å². The lowest BCUT2D eigenvalue weighted by Gasteiger charge is -2.01. The number of carbonyl (C=O) groups excluding carboxylic acids is 1. The van der Waals surface area contributed by atoms with Gasteiger partial charge in [0.05, 0.1) is 5.02 Å². The number of ketones is 1. The maximum Gasteiger partial charge on any atom is 0.229 e. The molecule has 0 amide bonds. The molecule has 0 radical (unpaired) electrons. The van der Waals surface area contributed by atoms with Crippen LogP contribution < -0.4 is 0 Å². The molecule has 0 bridgehead atoms. The summed E-state index contributed by atoms with van der Waals surface area (Å²) in [6.07, 6.45) is 0. The summed E-state index contributed by atoms with van der Waals surface area (Å²) in [7, 11) is 0. The molecule has 0 aliphatic rings. The number of aryl methyl sites for hydroxylation is 1. The zero-order chi connectivity index (χ0) is 11.7. The average Bonchev–Trinajstić information content (AvgIpc) is 2.68. The SMILES string of the molecule is Cc1ccc(C(=O)c2cccc(F)c2Cl)o1. The Hall–Kier alpha value is -1.61. The van der Waals surface area contributed by atoms with E-state index in [1.165, 1.54) is 18.2 Å². The van der Waals surface area contributed by atoms with Gasteiger partial charge in [-0.05, 0) is 31.2 Å². The highest BCUT2D eigenvalue weighted by Gasteiger charge is 2.17. The zero-order valence-corrected chi connectivity index (χ0v) is 9.22. The maximum absolute atomic E-state index is 13.1. The highest BCUT2D eigenvalue weighted by atomic mass is 35.5. The first-order chi connectivity index (χ1) is 7.59. The zero-order valence-electron chi connectivity index (χ0n) is 8.46. The molecular weight excluding hydrogens is 231 g/mol. The number of hydrogen-bond donors (Lipinski definition) is 0. The Labute approximate surface area is 96.6 Å². The summed E-state index contributed by atoms with van der Waals surface area (Å²) in [6, 6.07) is 7.31. The minimum Gasteiger partial charge on any atom is -0.458 e. The number of rotatable bonds is 2. The highest BCUT2D eigenvalue weighted by Crippen LogP contribution is 2.23. The topological polar surface area (TPSA) is 30.2 Å². The summed E-state index contributed by atoms with van der Waals surface area (Å²) < 4.78 is 18.3. The Balaban J connectivity index is 2.45. The predicted molar refractivity (Wildman–Crippen MR) is 58.3 cm³/mol. The minimum absolute atomic E-state index is 0.107.